The van der Waals surface area contributed by atoms with Crippen LogP contribution < -0.4 is 4.90 Å². The first kappa shape index (κ1) is 14.2. The predicted octanol–water partition coefficient (Wildman–Crippen LogP) is 3.93. The summed E-state index contributed by atoms with van der Waals surface area (Å²) in [6, 6.07) is 10.5. The number of aromatic nitrogens is 1. The van der Waals surface area contributed by atoms with E-state index in [9.17, 15) is 9.59 Å². The van der Waals surface area contributed by atoms with Gasteiger partial charge in [0.1, 0.15) is 5.41 Å². The average Bonchev–Trinajstić information content (AvgIpc) is 3.05. The number of carbonyl (C=O) groups is 2. The molecule has 0 saturated carbocycles. The van der Waals surface area contributed by atoms with E-state index in [0.29, 0.717) is 34.9 Å². The standard InChI is InChI=1S/C18H13ClN2O2/c19-12-5-3-6-13(11-12)21-16-14(7-4-10-20-16)15(22)18(17(21)23)8-1-2-9-18/h1-7,10-11H,8-9H2. The summed E-state index contributed by atoms with van der Waals surface area (Å²) in [5, 5.41) is 0.531. The Bertz CT molecular complexity index is 852. The minimum atomic E-state index is -1.04. The molecule has 2 aromatic rings. The summed E-state index contributed by atoms with van der Waals surface area (Å²) in [7, 11) is 0. The first-order valence-electron chi connectivity index (χ1n) is 7.38. The van der Waals surface area contributed by atoms with Gasteiger partial charge in [0.05, 0.1) is 11.3 Å². The third kappa shape index (κ3) is 1.95. The number of hydrogen-bond acceptors (Lipinski definition) is 3. The van der Waals surface area contributed by atoms with E-state index in [2.05, 4.69) is 4.98 Å². The van der Waals surface area contributed by atoms with Crippen LogP contribution in [0.1, 0.15) is 23.2 Å². The minimum Gasteiger partial charge on any atom is -0.293 e. The fourth-order valence-corrected chi connectivity index (χ4v) is 3.47. The fraction of sp³-hybridized carbons (Fsp3) is 0.167. The number of pyridine rings is 1. The van der Waals surface area contributed by atoms with Crippen LogP contribution in [0.2, 0.25) is 5.02 Å². The molecular formula is C18H13ClN2O2. The summed E-state index contributed by atoms with van der Waals surface area (Å²) in [6.07, 6.45) is 6.23. The Morgan fingerprint density at radius 1 is 1.09 bits per heavy atom. The molecule has 0 fully saturated rings. The van der Waals surface area contributed by atoms with E-state index in [1.54, 1.807) is 42.6 Å². The maximum atomic E-state index is 13.2. The molecule has 0 radical (unpaired) electrons. The normalized spacial score (nSPS) is 18.6. The van der Waals surface area contributed by atoms with Crippen molar-refractivity contribution in [3.63, 3.8) is 0 Å². The van der Waals surface area contributed by atoms with Crippen LogP contribution in [0.25, 0.3) is 0 Å². The van der Waals surface area contributed by atoms with E-state index in [0.717, 1.165) is 0 Å². The van der Waals surface area contributed by atoms with Crippen LogP contribution in [0.3, 0.4) is 0 Å². The molecule has 0 unspecified atom stereocenters. The molecule has 2 heterocycles. The molecule has 23 heavy (non-hydrogen) atoms. The molecule has 1 aromatic carbocycles. The van der Waals surface area contributed by atoms with Gasteiger partial charge >= 0.3 is 0 Å². The molecule has 5 heteroatoms. The SMILES string of the molecule is O=C1c2cccnc2N(c2cccc(Cl)c2)C(=O)C12CC=CC2. The number of amides is 1. The molecule has 0 atom stereocenters. The average molecular weight is 325 g/mol. The molecule has 1 amide bonds. The molecule has 4 rings (SSSR count). The van der Waals surface area contributed by atoms with Gasteiger partial charge in [-0.05, 0) is 43.2 Å². The number of fused-ring (bicyclic) bond motifs is 1. The Kier molecular flexibility index (Phi) is 3.10. The number of anilines is 2. The van der Waals surface area contributed by atoms with Crippen molar-refractivity contribution < 1.29 is 9.59 Å². The van der Waals surface area contributed by atoms with Gasteiger partial charge in [0.25, 0.3) is 0 Å². The number of Topliss-reactive ketones (excluding diaryl/α,β-unsaturated/α-hetero) is 1. The Morgan fingerprint density at radius 3 is 2.61 bits per heavy atom. The molecule has 0 saturated heterocycles. The lowest BCUT2D eigenvalue weighted by Crippen LogP contribution is -2.50. The second kappa shape index (κ2) is 5.03. The molecule has 2 aliphatic rings. The Morgan fingerprint density at radius 2 is 1.87 bits per heavy atom. The molecule has 1 aliphatic carbocycles. The third-order valence-corrected chi connectivity index (χ3v) is 4.69. The van der Waals surface area contributed by atoms with Crippen LogP contribution in [-0.4, -0.2) is 16.7 Å². The van der Waals surface area contributed by atoms with Gasteiger partial charge in [0.2, 0.25) is 5.91 Å². The number of rotatable bonds is 1. The largest absolute Gasteiger partial charge is 0.293 e. The van der Waals surface area contributed by atoms with Crippen molar-refractivity contribution in [1.82, 2.24) is 4.98 Å². The Balaban J connectivity index is 1.95. The van der Waals surface area contributed by atoms with Gasteiger partial charge in [0.15, 0.2) is 11.6 Å². The second-order valence-corrected chi connectivity index (χ2v) is 6.22. The maximum absolute atomic E-state index is 13.2. The van der Waals surface area contributed by atoms with E-state index in [1.807, 2.05) is 12.2 Å². The fourth-order valence-electron chi connectivity index (χ4n) is 3.28. The van der Waals surface area contributed by atoms with Crippen LogP contribution in [0.15, 0.2) is 54.7 Å². The predicted molar refractivity (Wildman–Crippen MR) is 88.0 cm³/mol. The molecular weight excluding hydrogens is 312 g/mol. The second-order valence-electron chi connectivity index (χ2n) is 5.79. The lowest BCUT2D eigenvalue weighted by atomic mass is 9.74. The first-order valence-corrected chi connectivity index (χ1v) is 7.76. The lowest BCUT2D eigenvalue weighted by molar-refractivity contribution is -0.125. The van der Waals surface area contributed by atoms with Gasteiger partial charge in [-0.3, -0.25) is 14.5 Å². The van der Waals surface area contributed by atoms with Gasteiger partial charge in [-0.2, -0.15) is 0 Å². The third-order valence-electron chi connectivity index (χ3n) is 4.46. The zero-order valence-corrected chi connectivity index (χ0v) is 13.0. The number of nitrogens with zero attached hydrogens (tertiary/aromatic N) is 2. The van der Waals surface area contributed by atoms with E-state index in [4.69, 9.17) is 11.6 Å². The highest BCUT2D eigenvalue weighted by molar-refractivity contribution is 6.31. The molecule has 0 bridgehead atoms. The topological polar surface area (TPSA) is 50.3 Å². The Hall–Kier alpha value is -2.46. The number of allylic oxidation sites excluding steroid dienone is 2. The number of halogens is 1. The van der Waals surface area contributed by atoms with Crippen molar-refractivity contribution in [1.29, 1.82) is 0 Å². The highest BCUT2D eigenvalue weighted by Gasteiger charge is 2.53. The summed E-state index contributed by atoms with van der Waals surface area (Å²) in [5.41, 5.74) is 0.0650. The lowest BCUT2D eigenvalue weighted by Gasteiger charge is -2.38. The van der Waals surface area contributed by atoms with Crippen molar-refractivity contribution in [3.05, 3.63) is 65.3 Å². The molecule has 1 aromatic heterocycles. The van der Waals surface area contributed by atoms with Gasteiger partial charge in [-0.15, -0.1) is 0 Å². The summed E-state index contributed by atoms with van der Waals surface area (Å²) in [4.78, 5) is 32.0. The molecule has 4 nitrogen and oxygen atoms in total. The zero-order chi connectivity index (χ0) is 16.0. The first-order chi connectivity index (χ1) is 11.1. The van der Waals surface area contributed by atoms with Gasteiger partial charge in [-0.25, -0.2) is 4.98 Å². The van der Waals surface area contributed by atoms with Gasteiger partial charge < -0.3 is 0 Å². The van der Waals surface area contributed by atoms with Crippen LogP contribution in [0.5, 0.6) is 0 Å². The van der Waals surface area contributed by atoms with E-state index in [1.165, 1.54) is 4.90 Å². The van der Waals surface area contributed by atoms with Gasteiger partial charge in [0, 0.05) is 11.2 Å². The molecule has 1 aliphatic heterocycles. The van der Waals surface area contributed by atoms with E-state index in [-0.39, 0.29) is 11.7 Å². The molecule has 1 spiro atoms. The summed E-state index contributed by atoms with van der Waals surface area (Å²) < 4.78 is 0. The zero-order valence-electron chi connectivity index (χ0n) is 12.2. The highest BCUT2D eigenvalue weighted by Crippen LogP contribution is 2.47. The van der Waals surface area contributed by atoms with Crippen LogP contribution >= 0.6 is 11.6 Å². The van der Waals surface area contributed by atoms with Crippen LogP contribution in [0, 0.1) is 5.41 Å². The Labute approximate surface area is 138 Å². The van der Waals surface area contributed by atoms with Crippen LogP contribution in [0.4, 0.5) is 11.5 Å². The quantitative estimate of drug-likeness (QED) is 0.590. The van der Waals surface area contributed by atoms with Crippen molar-refractivity contribution in [3.8, 4) is 0 Å². The van der Waals surface area contributed by atoms with Crippen molar-refractivity contribution >= 4 is 34.8 Å². The van der Waals surface area contributed by atoms with Crippen molar-refractivity contribution in [2.45, 2.75) is 12.8 Å². The number of ketones is 1. The summed E-state index contributed by atoms with van der Waals surface area (Å²) in [6.45, 7) is 0. The molecule has 0 N–H and O–H groups in total. The number of benzene rings is 1. The van der Waals surface area contributed by atoms with E-state index < -0.39 is 5.41 Å². The number of carbonyl (C=O) groups excluding carboxylic acids is 2. The summed E-state index contributed by atoms with van der Waals surface area (Å²) >= 11 is 6.08. The van der Waals surface area contributed by atoms with E-state index >= 15 is 0 Å². The van der Waals surface area contributed by atoms with Gasteiger partial charge in [-0.1, -0.05) is 29.8 Å². The highest BCUT2D eigenvalue weighted by atomic mass is 35.5. The smallest absolute Gasteiger partial charge is 0.247 e. The summed E-state index contributed by atoms with van der Waals surface area (Å²) in [5.74, 6) is -0.00265. The van der Waals surface area contributed by atoms with Crippen molar-refractivity contribution in [2.24, 2.45) is 5.41 Å². The number of hydrogen-bond donors (Lipinski definition) is 0. The van der Waals surface area contributed by atoms with Crippen molar-refractivity contribution in [2.75, 3.05) is 4.90 Å². The maximum Gasteiger partial charge on any atom is 0.247 e. The minimum absolute atomic E-state index is 0.145. The molecule has 114 valence electrons. The monoisotopic (exact) mass is 324 g/mol. The van der Waals surface area contributed by atoms with Crippen LogP contribution in [-0.2, 0) is 4.79 Å².